The number of phenols is 1. The Morgan fingerprint density at radius 1 is 1.25 bits per heavy atom. The highest BCUT2D eigenvalue weighted by Gasteiger charge is 2.35. The van der Waals surface area contributed by atoms with Gasteiger partial charge in [-0.2, -0.15) is 0 Å². The Kier molecular flexibility index (Phi) is 6.09. The normalized spacial score (nSPS) is 20.4. The Morgan fingerprint density at radius 3 is 2.68 bits per heavy atom. The van der Waals surface area contributed by atoms with E-state index in [1.54, 1.807) is 26.4 Å². The maximum absolute atomic E-state index is 12.4. The molecule has 0 radical (unpaired) electrons. The lowest BCUT2D eigenvalue weighted by Gasteiger charge is -2.23. The van der Waals surface area contributed by atoms with E-state index < -0.39 is 10.0 Å². The van der Waals surface area contributed by atoms with Crippen molar-refractivity contribution in [2.24, 2.45) is 5.92 Å². The summed E-state index contributed by atoms with van der Waals surface area (Å²) in [5.74, 6) is 0.861. The topological polar surface area (TPSA) is 87.9 Å². The molecule has 2 atom stereocenters. The van der Waals surface area contributed by atoms with Crippen LogP contribution in [-0.2, 0) is 21.3 Å². The first-order valence-corrected chi connectivity index (χ1v) is 10.8. The molecule has 154 valence electrons. The molecule has 1 fully saturated rings. The van der Waals surface area contributed by atoms with E-state index in [1.165, 1.54) is 4.31 Å². The molecule has 1 aromatic heterocycles. The fourth-order valence-electron chi connectivity index (χ4n) is 3.47. The van der Waals surface area contributed by atoms with Crippen LogP contribution in [0, 0.1) is 5.92 Å². The molecule has 0 bridgehead atoms. The van der Waals surface area contributed by atoms with E-state index in [0.29, 0.717) is 19.8 Å². The highest BCUT2D eigenvalue weighted by Crippen LogP contribution is 2.33. The number of aromatic nitrogens is 2. The Labute approximate surface area is 166 Å². The molecule has 2 heterocycles. The van der Waals surface area contributed by atoms with Crippen molar-refractivity contribution in [3.63, 3.8) is 0 Å². The average Bonchev–Trinajstić information content (AvgIpc) is 3.24. The van der Waals surface area contributed by atoms with Crippen LogP contribution in [0.1, 0.15) is 11.6 Å². The van der Waals surface area contributed by atoms with Gasteiger partial charge in [0, 0.05) is 50.1 Å². The molecule has 1 saturated heterocycles. The number of imidazole rings is 1. The number of phenolic OH excluding ortho intramolecular Hbond substituents is 1. The van der Waals surface area contributed by atoms with E-state index in [1.807, 2.05) is 41.9 Å². The van der Waals surface area contributed by atoms with Crippen molar-refractivity contribution in [2.45, 2.75) is 12.6 Å². The van der Waals surface area contributed by atoms with E-state index in [4.69, 9.17) is 4.74 Å². The van der Waals surface area contributed by atoms with Crippen LogP contribution in [0.5, 0.6) is 5.75 Å². The molecule has 2 aromatic rings. The van der Waals surface area contributed by atoms with E-state index in [-0.39, 0.29) is 23.5 Å². The number of rotatable bonds is 7. The highest BCUT2D eigenvalue weighted by atomic mass is 32.2. The van der Waals surface area contributed by atoms with Crippen molar-refractivity contribution >= 4 is 10.0 Å². The van der Waals surface area contributed by atoms with Gasteiger partial charge in [0.25, 0.3) is 0 Å². The largest absolute Gasteiger partial charge is 0.508 e. The zero-order valence-corrected chi connectivity index (χ0v) is 17.6. The minimum Gasteiger partial charge on any atom is -0.508 e. The zero-order chi connectivity index (χ0) is 20.5. The van der Waals surface area contributed by atoms with E-state index in [0.717, 1.165) is 17.0 Å². The van der Waals surface area contributed by atoms with Crippen molar-refractivity contribution in [1.82, 2.24) is 18.8 Å². The smallest absolute Gasteiger partial charge is 0.214 e. The second kappa shape index (κ2) is 8.20. The van der Waals surface area contributed by atoms with Gasteiger partial charge in [0.1, 0.15) is 11.6 Å². The summed E-state index contributed by atoms with van der Waals surface area (Å²) >= 11 is 0. The fraction of sp³-hybridized carbons (Fsp3) is 0.526. The van der Waals surface area contributed by atoms with Crippen molar-refractivity contribution in [3.05, 3.63) is 36.2 Å². The van der Waals surface area contributed by atoms with Gasteiger partial charge in [0.05, 0.1) is 25.0 Å². The lowest BCUT2D eigenvalue weighted by Crippen LogP contribution is -2.32. The van der Waals surface area contributed by atoms with Crippen LogP contribution in [0.3, 0.4) is 0 Å². The number of ether oxygens (including phenoxy) is 1. The highest BCUT2D eigenvalue weighted by molar-refractivity contribution is 7.89. The molecule has 3 rings (SSSR count). The fourth-order valence-corrected chi connectivity index (χ4v) is 4.63. The van der Waals surface area contributed by atoms with Crippen LogP contribution in [0.25, 0.3) is 11.4 Å². The third kappa shape index (κ3) is 4.38. The summed E-state index contributed by atoms with van der Waals surface area (Å²) in [5, 5.41) is 10.1. The Morgan fingerprint density at radius 2 is 2.00 bits per heavy atom. The average molecular weight is 409 g/mol. The van der Waals surface area contributed by atoms with Crippen molar-refractivity contribution in [3.8, 4) is 17.1 Å². The summed E-state index contributed by atoms with van der Waals surface area (Å²) in [6.45, 7) is 1.45. The minimum atomic E-state index is -3.33. The molecule has 0 unspecified atom stereocenters. The number of aromatic hydroxyl groups is 1. The number of hydrogen-bond donors (Lipinski definition) is 1. The van der Waals surface area contributed by atoms with Gasteiger partial charge in [-0.25, -0.2) is 17.7 Å². The molecule has 28 heavy (non-hydrogen) atoms. The minimum absolute atomic E-state index is 0.0315. The first-order valence-electron chi connectivity index (χ1n) is 9.17. The monoisotopic (exact) mass is 408 g/mol. The summed E-state index contributed by atoms with van der Waals surface area (Å²) in [4.78, 5) is 6.48. The molecule has 8 nitrogen and oxygen atoms in total. The molecular weight excluding hydrogens is 380 g/mol. The lowest BCUT2D eigenvalue weighted by atomic mass is 10.0. The number of nitrogens with zero attached hydrogens (tertiary/aromatic N) is 4. The van der Waals surface area contributed by atoms with Gasteiger partial charge in [-0.15, -0.1) is 0 Å². The second-order valence-corrected chi connectivity index (χ2v) is 9.89. The van der Waals surface area contributed by atoms with Crippen molar-refractivity contribution in [2.75, 3.05) is 47.2 Å². The van der Waals surface area contributed by atoms with Gasteiger partial charge in [-0.1, -0.05) is 0 Å². The third-order valence-corrected chi connectivity index (χ3v) is 6.96. The maximum atomic E-state index is 12.4. The molecule has 1 N–H and O–H groups in total. The van der Waals surface area contributed by atoms with Crippen LogP contribution in [0.2, 0.25) is 0 Å². The summed E-state index contributed by atoms with van der Waals surface area (Å²) in [7, 11) is 3.65. The lowest BCUT2D eigenvalue weighted by molar-refractivity contribution is 0.182. The summed E-state index contributed by atoms with van der Waals surface area (Å²) in [6, 6.07) is 5.31. The van der Waals surface area contributed by atoms with Gasteiger partial charge in [-0.05, 0) is 32.3 Å². The molecule has 1 aromatic carbocycles. The van der Waals surface area contributed by atoms with Crippen LogP contribution < -0.4 is 0 Å². The standard InChI is InChI=1S/C19H28N4O4S/c1-21(2)10-15-9-14(5-6-18(15)24)19-20-7-8-23(19)17-12-27-11-16(17)13-28(25,26)22(3)4/h5-9,16-17,24H,10-13H2,1-4H3/t16-,17-/m1/s1. The van der Waals surface area contributed by atoms with Crippen molar-refractivity contribution < 1.29 is 18.3 Å². The summed E-state index contributed by atoms with van der Waals surface area (Å²) < 4.78 is 33.6. The van der Waals surface area contributed by atoms with Gasteiger partial charge in [-0.3, -0.25) is 0 Å². The van der Waals surface area contributed by atoms with Gasteiger partial charge in [0.2, 0.25) is 10.0 Å². The van der Waals surface area contributed by atoms with Crippen LogP contribution in [0.4, 0.5) is 0 Å². The SMILES string of the molecule is CN(C)Cc1cc(-c2nccn2[C@@H]2COC[C@@H]2CS(=O)(=O)N(C)C)ccc1O. The number of hydrogen-bond acceptors (Lipinski definition) is 6. The first-order chi connectivity index (χ1) is 13.2. The maximum Gasteiger partial charge on any atom is 0.214 e. The molecule has 0 saturated carbocycles. The Bertz CT molecular complexity index is 924. The molecule has 0 spiro atoms. The molecule has 1 aliphatic heterocycles. The summed E-state index contributed by atoms with van der Waals surface area (Å²) in [6.07, 6.45) is 3.58. The molecule has 0 amide bonds. The Balaban J connectivity index is 1.91. The molecular formula is C19H28N4O4S. The Hall–Kier alpha value is -1.94. The van der Waals surface area contributed by atoms with Crippen molar-refractivity contribution in [1.29, 1.82) is 0 Å². The summed E-state index contributed by atoms with van der Waals surface area (Å²) in [5.41, 5.74) is 1.69. The van der Waals surface area contributed by atoms with Crippen LogP contribution >= 0.6 is 0 Å². The van der Waals surface area contributed by atoms with Gasteiger partial charge < -0.3 is 19.3 Å². The van der Waals surface area contributed by atoms with Crippen LogP contribution in [-0.4, -0.2) is 79.4 Å². The third-order valence-electron chi connectivity index (χ3n) is 5.00. The predicted molar refractivity (Wildman–Crippen MR) is 108 cm³/mol. The number of sulfonamides is 1. The molecule has 9 heteroatoms. The predicted octanol–water partition coefficient (Wildman–Crippen LogP) is 1.40. The quantitative estimate of drug-likeness (QED) is 0.745. The van der Waals surface area contributed by atoms with Gasteiger partial charge >= 0.3 is 0 Å². The van der Waals surface area contributed by atoms with E-state index in [2.05, 4.69) is 4.98 Å². The van der Waals surface area contributed by atoms with Gasteiger partial charge in [0.15, 0.2) is 0 Å². The second-order valence-electron chi connectivity index (χ2n) is 7.67. The molecule has 1 aliphatic rings. The number of benzene rings is 1. The van der Waals surface area contributed by atoms with Crippen LogP contribution in [0.15, 0.2) is 30.6 Å². The van der Waals surface area contributed by atoms with E-state index in [9.17, 15) is 13.5 Å². The zero-order valence-electron chi connectivity index (χ0n) is 16.7. The van der Waals surface area contributed by atoms with E-state index >= 15 is 0 Å². The first kappa shape index (κ1) is 20.8. The molecule has 0 aliphatic carbocycles.